The average Bonchev–Trinajstić information content (AvgIpc) is 2.78. The number of nitrogens with zero attached hydrogens (tertiary/aromatic N) is 2. The van der Waals surface area contributed by atoms with Crippen LogP contribution in [0.4, 0.5) is 5.69 Å². The predicted molar refractivity (Wildman–Crippen MR) is 77.8 cm³/mol. The fourth-order valence-corrected chi connectivity index (χ4v) is 2.17. The molecule has 1 aromatic heterocycles. The van der Waals surface area contributed by atoms with Crippen molar-refractivity contribution in [1.29, 1.82) is 0 Å². The van der Waals surface area contributed by atoms with E-state index in [0.717, 1.165) is 10.5 Å². The minimum Gasteiger partial charge on any atom is -0.320 e. The van der Waals surface area contributed by atoms with Crippen molar-refractivity contribution in [3.05, 3.63) is 59.4 Å². The molecule has 0 radical (unpaired) electrons. The largest absolute Gasteiger partial charge is 0.320 e. The summed E-state index contributed by atoms with van der Waals surface area (Å²) < 4.78 is 0. The first-order valence-electron chi connectivity index (χ1n) is 6.34. The fraction of sp³-hybridized carbons (Fsp3) is 0.0625. The highest BCUT2D eigenvalue weighted by Crippen LogP contribution is 2.27. The quantitative estimate of drug-likeness (QED) is 0.627. The van der Waals surface area contributed by atoms with Crippen LogP contribution < -0.4 is 10.6 Å². The molecule has 0 fully saturated rings. The van der Waals surface area contributed by atoms with Crippen molar-refractivity contribution in [2.75, 3.05) is 11.4 Å². The van der Waals surface area contributed by atoms with Crippen LogP contribution in [0.25, 0.3) is 0 Å². The average molecular weight is 277 g/mol. The normalized spacial score (nSPS) is 12.9. The van der Waals surface area contributed by atoms with Gasteiger partial charge in [-0.15, -0.1) is 0 Å². The Morgan fingerprint density at radius 1 is 1.05 bits per heavy atom. The third-order valence-electron chi connectivity index (χ3n) is 3.15. The van der Waals surface area contributed by atoms with E-state index in [-0.39, 0.29) is 18.4 Å². The lowest BCUT2D eigenvalue weighted by molar-refractivity contribution is 0.0926. The van der Waals surface area contributed by atoms with Gasteiger partial charge < -0.3 is 5.73 Å². The summed E-state index contributed by atoms with van der Waals surface area (Å²) in [7, 11) is 0. The Morgan fingerprint density at radius 2 is 1.76 bits per heavy atom. The van der Waals surface area contributed by atoms with E-state index < -0.39 is 0 Å². The fourth-order valence-electron chi connectivity index (χ4n) is 2.17. The molecule has 5 nitrogen and oxygen atoms in total. The van der Waals surface area contributed by atoms with Crippen LogP contribution in [0.2, 0.25) is 0 Å². The molecule has 102 valence electrons. The zero-order valence-corrected chi connectivity index (χ0v) is 11.0. The van der Waals surface area contributed by atoms with Gasteiger partial charge in [0, 0.05) is 18.0 Å². The molecular formula is C16H11N3O2. The van der Waals surface area contributed by atoms with E-state index >= 15 is 0 Å². The molecule has 3 rings (SSSR count). The molecule has 2 amide bonds. The molecule has 2 aromatic rings. The van der Waals surface area contributed by atoms with Crippen LogP contribution in [0.1, 0.15) is 26.3 Å². The lowest BCUT2D eigenvalue weighted by Gasteiger charge is -2.13. The van der Waals surface area contributed by atoms with Gasteiger partial charge in [-0.1, -0.05) is 11.8 Å². The molecule has 1 aliphatic rings. The molecule has 0 bridgehead atoms. The van der Waals surface area contributed by atoms with Crippen molar-refractivity contribution < 1.29 is 9.59 Å². The van der Waals surface area contributed by atoms with E-state index in [4.69, 9.17) is 5.73 Å². The van der Waals surface area contributed by atoms with E-state index in [9.17, 15) is 9.59 Å². The number of aromatic nitrogens is 1. The summed E-state index contributed by atoms with van der Waals surface area (Å²) in [4.78, 5) is 29.6. The van der Waals surface area contributed by atoms with Crippen molar-refractivity contribution in [1.82, 2.24) is 4.98 Å². The van der Waals surface area contributed by atoms with Crippen LogP contribution in [-0.2, 0) is 0 Å². The van der Waals surface area contributed by atoms with Crippen molar-refractivity contribution in [2.45, 2.75) is 0 Å². The van der Waals surface area contributed by atoms with Crippen molar-refractivity contribution in [2.24, 2.45) is 5.73 Å². The smallest absolute Gasteiger partial charge is 0.267 e. The standard InChI is InChI=1S/C16H11N3O2/c17-8-1-2-11-3-5-12(6-4-11)19-15(20)13-7-9-18-10-14(13)16(19)21/h3-7,9-10H,8,17H2. The van der Waals surface area contributed by atoms with Crippen molar-refractivity contribution in [3.8, 4) is 11.8 Å². The number of fused-ring (bicyclic) bond motifs is 1. The second kappa shape index (κ2) is 5.19. The molecule has 0 spiro atoms. The number of rotatable bonds is 1. The second-order valence-electron chi connectivity index (χ2n) is 4.42. The van der Waals surface area contributed by atoms with Gasteiger partial charge in [0.2, 0.25) is 0 Å². The van der Waals surface area contributed by atoms with Crippen LogP contribution in [0, 0.1) is 11.8 Å². The maximum Gasteiger partial charge on any atom is 0.267 e. The van der Waals surface area contributed by atoms with Crippen molar-refractivity contribution in [3.63, 3.8) is 0 Å². The van der Waals surface area contributed by atoms with Gasteiger partial charge in [0.15, 0.2) is 0 Å². The Balaban J connectivity index is 1.96. The van der Waals surface area contributed by atoms with E-state index in [1.807, 2.05) is 0 Å². The Hall–Kier alpha value is -2.97. The number of carbonyl (C=O) groups is 2. The number of hydrogen-bond donors (Lipinski definition) is 1. The van der Waals surface area contributed by atoms with E-state index in [1.54, 1.807) is 30.3 Å². The summed E-state index contributed by atoms with van der Waals surface area (Å²) in [5.41, 5.74) is 7.31. The summed E-state index contributed by atoms with van der Waals surface area (Å²) in [6.07, 6.45) is 2.91. The zero-order valence-electron chi connectivity index (χ0n) is 11.0. The second-order valence-corrected chi connectivity index (χ2v) is 4.42. The van der Waals surface area contributed by atoms with Gasteiger partial charge in [-0.3, -0.25) is 14.6 Å². The third-order valence-corrected chi connectivity index (χ3v) is 3.15. The number of imide groups is 1. The molecule has 0 saturated carbocycles. The number of pyridine rings is 1. The summed E-state index contributed by atoms with van der Waals surface area (Å²) in [6.45, 7) is 0.285. The summed E-state index contributed by atoms with van der Waals surface area (Å²) >= 11 is 0. The topological polar surface area (TPSA) is 76.3 Å². The van der Waals surface area contributed by atoms with Gasteiger partial charge in [-0.25, -0.2) is 4.90 Å². The maximum absolute atomic E-state index is 12.3. The minimum atomic E-state index is -0.358. The highest BCUT2D eigenvalue weighted by molar-refractivity contribution is 6.34. The lowest BCUT2D eigenvalue weighted by atomic mass is 10.2. The number of amides is 2. The van der Waals surface area contributed by atoms with Crippen LogP contribution in [-0.4, -0.2) is 23.3 Å². The Labute approximate surface area is 121 Å². The molecule has 0 unspecified atom stereocenters. The van der Waals surface area contributed by atoms with Crippen LogP contribution in [0.3, 0.4) is 0 Å². The molecule has 2 heterocycles. The Kier molecular flexibility index (Phi) is 3.22. The van der Waals surface area contributed by atoms with Crippen LogP contribution in [0.5, 0.6) is 0 Å². The van der Waals surface area contributed by atoms with Gasteiger partial charge in [0.05, 0.1) is 23.4 Å². The predicted octanol–water partition coefficient (Wildman–Crippen LogP) is 1.19. The first kappa shape index (κ1) is 13.0. The third kappa shape index (κ3) is 2.18. The molecule has 5 heteroatoms. The van der Waals surface area contributed by atoms with Gasteiger partial charge in [0.25, 0.3) is 11.8 Å². The highest BCUT2D eigenvalue weighted by Gasteiger charge is 2.36. The number of benzene rings is 1. The monoisotopic (exact) mass is 277 g/mol. The Bertz CT molecular complexity index is 750. The molecule has 1 aliphatic heterocycles. The van der Waals surface area contributed by atoms with Gasteiger partial charge in [-0.05, 0) is 30.3 Å². The summed E-state index contributed by atoms with van der Waals surface area (Å²) in [5.74, 6) is 4.94. The van der Waals surface area contributed by atoms with Gasteiger partial charge in [-0.2, -0.15) is 0 Å². The molecule has 0 atom stereocenters. The lowest BCUT2D eigenvalue weighted by Crippen LogP contribution is -2.29. The number of nitrogens with two attached hydrogens (primary N) is 1. The van der Waals surface area contributed by atoms with Crippen LogP contribution in [0.15, 0.2) is 42.7 Å². The molecule has 1 aromatic carbocycles. The Morgan fingerprint density at radius 3 is 2.43 bits per heavy atom. The molecular weight excluding hydrogens is 266 g/mol. The highest BCUT2D eigenvalue weighted by atomic mass is 16.2. The van der Waals surface area contributed by atoms with Crippen molar-refractivity contribution >= 4 is 17.5 Å². The zero-order chi connectivity index (χ0) is 14.8. The summed E-state index contributed by atoms with van der Waals surface area (Å²) in [6, 6.07) is 8.43. The van der Waals surface area contributed by atoms with Gasteiger partial charge in [0.1, 0.15) is 0 Å². The first-order chi connectivity index (χ1) is 10.2. The van der Waals surface area contributed by atoms with E-state index in [1.165, 1.54) is 12.4 Å². The minimum absolute atomic E-state index is 0.285. The summed E-state index contributed by atoms with van der Waals surface area (Å²) in [5, 5.41) is 0. The van der Waals surface area contributed by atoms with Gasteiger partial charge >= 0.3 is 0 Å². The number of carbonyl (C=O) groups excluding carboxylic acids is 2. The molecule has 0 aliphatic carbocycles. The SMILES string of the molecule is NCC#Cc1ccc(N2C(=O)c3ccncc3C2=O)cc1. The first-order valence-corrected chi connectivity index (χ1v) is 6.34. The molecule has 2 N–H and O–H groups in total. The molecule has 21 heavy (non-hydrogen) atoms. The van der Waals surface area contributed by atoms with E-state index in [2.05, 4.69) is 16.8 Å². The molecule has 0 saturated heterocycles. The number of anilines is 1. The van der Waals surface area contributed by atoms with Crippen LogP contribution >= 0.6 is 0 Å². The number of hydrogen-bond acceptors (Lipinski definition) is 4. The maximum atomic E-state index is 12.3. The van der Waals surface area contributed by atoms with E-state index in [0.29, 0.717) is 16.8 Å².